The van der Waals surface area contributed by atoms with E-state index in [-0.39, 0.29) is 5.78 Å². The number of ether oxygens (including phenoxy) is 3. The van der Waals surface area contributed by atoms with Gasteiger partial charge in [0.15, 0.2) is 11.5 Å². The Morgan fingerprint density at radius 1 is 0.958 bits per heavy atom. The van der Waals surface area contributed by atoms with Gasteiger partial charge in [-0.1, -0.05) is 12.1 Å². The molecule has 0 unspecified atom stereocenters. The zero-order valence-electron chi connectivity index (χ0n) is 14.0. The molecule has 0 N–H and O–H groups in total. The van der Waals surface area contributed by atoms with Gasteiger partial charge in [-0.05, 0) is 36.2 Å². The largest absolute Gasteiger partial charge is 0.496 e. The van der Waals surface area contributed by atoms with E-state index in [9.17, 15) is 4.79 Å². The van der Waals surface area contributed by atoms with Crippen molar-refractivity contribution in [1.29, 1.82) is 0 Å². The van der Waals surface area contributed by atoms with Crippen molar-refractivity contribution in [2.45, 2.75) is 6.42 Å². The highest BCUT2D eigenvalue weighted by Crippen LogP contribution is 2.33. The molecule has 0 radical (unpaired) electrons. The summed E-state index contributed by atoms with van der Waals surface area (Å²) in [5, 5.41) is 0. The Kier molecular flexibility index (Phi) is 4.51. The number of Topliss-reactive ketones (excluding diaryl/α,β-unsaturated/α-hetero) is 1. The summed E-state index contributed by atoms with van der Waals surface area (Å²) < 4.78 is 16.0. The number of nitrogens with zero attached hydrogens (tertiary/aromatic N) is 1. The van der Waals surface area contributed by atoms with Gasteiger partial charge < -0.3 is 14.2 Å². The molecule has 0 aromatic heterocycles. The lowest BCUT2D eigenvalue weighted by atomic mass is 9.92. The normalized spacial score (nSPS) is 12.9. The van der Waals surface area contributed by atoms with Gasteiger partial charge in [-0.2, -0.15) is 0 Å². The van der Waals surface area contributed by atoms with Crippen molar-refractivity contribution in [3.05, 3.63) is 53.1 Å². The highest BCUT2D eigenvalue weighted by molar-refractivity contribution is 6.52. The molecule has 0 atom stereocenters. The maximum absolute atomic E-state index is 13.0. The number of carbonyl (C=O) groups is 1. The molecule has 3 rings (SSSR count). The Bertz CT molecular complexity index is 811. The first-order valence-corrected chi connectivity index (χ1v) is 7.67. The lowest BCUT2D eigenvalue weighted by Gasteiger charge is -2.19. The van der Waals surface area contributed by atoms with Crippen molar-refractivity contribution in [2.75, 3.05) is 27.9 Å². The summed E-state index contributed by atoms with van der Waals surface area (Å²) >= 11 is 0. The van der Waals surface area contributed by atoms with Crippen LogP contribution in [0.1, 0.15) is 21.5 Å². The Morgan fingerprint density at radius 3 is 2.33 bits per heavy atom. The van der Waals surface area contributed by atoms with Crippen molar-refractivity contribution >= 4 is 11.5 Å². The van der Waals surface area contributed by atoms with Gasteiger partial charge in [0, 0.05) is 12.1 Å². The molecule has 1 aliphatic heterocycles. The minimum absolute atomic E-state index is 0.152. The van der Waals surface area contributed by atoms with Crippen LogP contribution in [-0.4, -0.2) is 39.4 Å². The first kappa shape index (κ1) is 16.1. The Morgan fingerprint density at radius 2 is 1.62 bits per heavy atom. The van der Waals surface area contributed by atoms with Gasteiger partial charge in [0.1, 0.15) is 11.5 Å². The molecular formula is C19H19NO4. The van der Waals surface area contributed by atoms with E-state index in [4.69, 9.17) is 14.2 Å². The first-order chi connectivity index (χ1) is 11.7. The van der Waals surface area contributed by atoms with Crippen LogP contribution in [0.2, 0.25) is 0 Å². The molecule has 0 saturated carbocycles. The summed E-state index contributed by atoms with van der Waals surface area (Å²) in [6.45, 7) is 0.568. The Balaban J connectivity index is 2.08. The molecule has 124 valence electrons. The van der Waals surface area contributed by atoms with E-state index in [0.29, 0.717) is 35.1 Å². The molecule has 0 aliphatic carbocycles. The number of fused-ring (bicyclic) bond motifs is 1. The zero-order valence-corrected chi connectivity index (χ0v) is 14.0. The second kappa shape index (κ2) is 6.74. The molecule has 1 heterocycles. The highest BCUT2D eigenvalue weighted by atomic mass is 16.5. The molecule has 0 bridgehead atoms. The molecular weight excluding hydrogens is 306 g/mol. The minimum Gasteiger partial charge on any atom is -0.496 e. The minimum atomic E-state index is -0.152. The fourth-order valence-corrected chi connectivity index (χ4v) is 2.88. The molecule has 5 heteroatoms. The Hall–Kier alpha value is -2.82. The molecule has 5 nitrogen and oxygen atoms in total. The van der Waals surface area contributed by atoms with Crippen LogP contribution in [0.3, 0.4) is 0 Å². The lowest BCUT2D eigenvalue weighted by Crippen LogP contribution is -2.22. The molecule has 0 spiro atoms. The standard InChI is InChI=1S/C19H19NO4/c1-22-15-7-5-4-6-13(15)19(21)18-14-11-17(24-3)16(23-2)10-12(14)8-9-20-18/h4-7,10-11H,8-9H2,1-3H3. The number of para-hydroxylation sites is 1. The summed E-state index contributed by atoms with van der Waals surface area (Å²) in [5.41, 5.74) is 2.75. The fourth-order valence-electron chi connectivity index (χ4n) is 2.88. The molecule has 0 amide bonds. The van der Waals surface area contributed by atoms with Crippen LogP contribution >= 0.6 is 0 Å². The number of hydrogen-bond acceptors (Lipinski definition) is 5. The van der Waals surface area contributed by atoms with Gasteiger partial charge in [0.25, 0.3) is 0 Å². The number of methoxy groups -OCH3 is 3. The maximum atomic E-state index is 13.0. The second-order valence-corrected chi connectivity index (χ2v) is 5.37. The summed E-state index contributed by atoms with van der Waals surface area (Å²) in [7, 11) is 4.73. The van der Waals surface area contributed by atoms with E-state index in [0.717, 1.165) is 17.5 Å². The average molecular weight is 325 g/mol. The molecule has 0 saturated heterocycles. The van der Waals surface area contributed by atoms with Crippen LogP contribution in [0.4, 0.5) is 0 Å². The SMILES string of the molecule is COc1cc2c(cc1OC)C(C(=O)c1ccccc1OC)=NCC2. The summed E-state index contributed by atoms with van der Waals surface area (Å²) in [5.74, 6) is 1.62. The fraction of sp³-hybridized carbons (Fsp3) is 0.263. The second-order valence-electron chi connectivity index (χ2n) is 5.37. The van der Waals surface area contributed by atoms with E-state index < -0.39 is 0 Å². The van der Waals surface area contributed by atoms with Crippen LogP contribution in [0.15, 0.2) is 41.4 Å². The number of carbonyl (C=O) groups excluding carboxylic acids is 1. The van der Waals surface area contributed by atoms with Crippen LogP contribution in [0.25, 0.3) is 0 Å². The summed E-state index contributed by atoms with van der Waals surface area (Å²) in [4.78, 5) is 17.5. The van der Waals surface area contributed by atoms with Gasteiger partial charge in [-0.25, -0.2) is 0 Å². The van der Waals surface area contributed by atoms with Crippen molar-refractivity contribution in [2.24, 2.45) is 4.99 Å². The van der Waals surface area contributed by atoms with E-state index in [1.165, 1.54) is 0 Å². The molecule has 1 aliphatic rings. The van der Waals surface area contributed by atoms with E-state index in [1.54, 1.807) is 33.5 Å². The van der Waals surface area contributed by atoms with Gasteiger partial charge in [0.2, 0.25) is 5.78 Å². The molecule has 24 heavy (non-hydrogen) atoms. The van der Waals surface area contributed by atoms with Crippen molar-refractivity contribution in [3.8, 4) is 17.2 Å². The average Bonchev–Trinajstić information content (AvgIpc) is 2.65. The third kappa shape index (κ3) is 2.73. The van der Waals surface area contributed by atoms with Crippen LogP contribution < -0.4 is 14.2 Å². The monoisotopic (exact) mass is 325 g/mol. The van der Waals surface area contributed by atoms with Crippen LogP contribution in [0, 0.1) is 0 Å². The predicted molar refractivity (Wildman–Crippen MR) is 92.0 cm³/mol. The Labute approximate surface area is 140 Å². The van der Waals surface area contributed by atoms with Gasteiger partial charge >= 0.3 is 0 Å². The predicted octanol–water partition coefficient (Wildman–Crippen LogP) is 2.94. The number of rotatable bonds is 5. The highest BCUT2D eigenvalue weighted by Gasteiger charge is 2.25. The van der Waals surface area contributed by atoms with Crippen LogP contribution in [-0.2, 0) is 6.42 Å². The third-order valence-corrected chi connectivity index (χ3v) is 4.08. The molecule has 2 aromatic rings. The number of aliphatic imine (C=N–C) groups is 1. The van der Waals surface area contributed by atoms with Crippen molar-refractivity contribution < 1.29 is 19.0 Å². The van der Waals surface area contributed by atoms with E-state index in [2.05, 4.69) is 4.99 Å². The van der Waals surface area contributed by atoms with E-state index >= 15 is 0 Å². The number of hydrogen-bond donors (Lipinski definition) is 0. The number of ketones is 1. The third-order valence-electron chi connectivity index (χ3n) is 4.08. The van der Waals surface area contributed by atoms with Gasteiger partial charge in [0.05, 0.1) is 26.9 Å². The quantitative estimate of drug-likeness (QED) is 0.793. The van der Waals surface area contributed by atoms with Gasteiger partial charge in [-0.15, -0.1) is 0 Å². The number of benzene rings is 2. The topological polar surface area (TPSA) is 57.1 Å². The first-order valence-electron chi connectivity index (χ1n) is 7.67. The van der Waals surface area contributed by atoms with Gasteiger partial charge in [-0.3, -0.25) is 9.79 Å². The zero-order chi connectivity index (χ0) is 17.1. The lowest BCUT2D eigenvalue weighted by molar-refractivity contribution is 0.106. The van der Waals surface area contributed by atoms with Crippen LogP contribution in [0.5, 0.6) is 17.2 Å². The summed E-state index contributed by atoms with van der Waals surface area (Å²) in [6.07, 6.45) is 0.762. The maximum Gasteiger partial charge on any atom is 0.215 e. The molecule has 2 aromatic carbocycles. The van der Waals surface area contributed by atoms with Crippen molar-refractivity contribution in [1.82, 2.24) is 0 Å². The summed E-state index contributed by atoms with van der Waals surface area (Å²) in [6, 6.07) is 10.9. The van der Waals surface area contributed by atoms with Crippen molar-refractivity contribution in [3.63, 3.8) is 0 Å². The van der Waals surface area contributed by atoms with E-state index in [1.807, 2.05) is 24.3 Å². The molecule has 0 fully saturated rings. The smallest absolute Gasteiger partial charge is 0.215 e.